The molecular weight excluding hydrogens is 274 g/mol. The smallest absolute Gasteiger partial charge is 0.407 e. The fourth-order valence-corrected chi connectivity index (χ4v) is 2.98. The average molecular weight is 297 g/mol. The van der Waals surface area contributed by atoms with Gasteiger partial charge in [0, 0.05) is 14.2 Å². The van der Waals surface area contributed by atoms with E-state index in [9.17, 15) is 9.59 Å². The SMILES string of the molecule is COC1(CN2N=C(CN(C)C(=O)O)CC2=O)CCCCC1. The normalized spacial score (nSPS) is 21.3. The Morgan fingerprint density at radius 3 is 2.67 bits per heavy atom. The Kier molecular flexibility index (Phi) is 4.82. The predicted molar refractivity (Wildman–Crippen MR) is 77.2 cm³/mol. The summed E-state index contributed by atoms with van der Waals surface area (Å²) in [6, 6.07) is 0. The summed E-state index contributed by atoms with van der Waals surface area (Å²) in [5, 5.41) is 14.6. The van der Waals surface area contributed by atoms with Crippen LogP contribution in [0, 0.1) is 0 Å². The van der Waals surface area contributed by atoms with Gasteiger partial charge in [-0.05, 0) is 12.8 Å². The number of rotatable bonds is 5. The van der Waals surface area contributed by atoms with Crippen molar-refractivity contribution in [2.24, 2.45) is 5.10 Å². The second-order valence-corrected chi connectivity index (χ2v) is 5.88. The highest BCUT2D eigenvalue weighted by atomic mass is 16.5. The molecular formula is C14H23N3O4. The lowest BCUT2D eigenvalue weighted by atomic mass is 9.84. The third-order valence-corrected chi connectivity index (χ3v) is 4.29. The van der Waals surface area contributed by atoms with Crippen molar-refractivity contribution in [2.45, 2.75) is 44.1 Å². The molecule has 1 fully saturated rings. The summed E-state index contributed by atoms with van der Waals surface area (Å²) in [4.78, 5) is 24.0. The Morgan fingerprint density at radius 1 is 1.43 bits per heavy atom. The molecule has 0 aromatic carbocycles. The third kappa shape index (κ3) is 3.72. The van der Waals surface area contributed by atoms with Gasteiger partial charge in [-0.1, -0.05) is 19.3 Å². The van der Waals surface area contributed by atoms with Gasteiger partial charge in [-0.25, -0.2) is 9.80 Å². The van der Waals surface area contributed by atoms with Gasteiger partial charge in [0.05, 0.1) is 30.8 Å². The van der Waals surface area contributed by atoms with Crippen molar-refractivity contribution in [3.05, 3.63) is 0 Å². The molecule has 2 aliphatic rings. The monoisotopic (exact) mass is 297 g/mol. The molecule has 7 nitrogen and oxygen atoms in total. The van der Waals surface area contributed by atoms with Gasteiger partial charge < -0.3 is 14.7 Å². The number of carboxylic acid groups (broad SMARTS) is 1. The fraction of sp³-hybridized carbons (Fsp3) is 0.786. The highest BCUT2D eigenvalue weighted by Gasteiger charge is 2.37. The molecule has 1 aliphatic carbocycles. The lowest BCUT2D eigenvalue weighted by molar-refractivity contribution is -0.134. The van der Waals surface area contributed by atoms with Crippen molar-refractivity contribution < 1.29 is 19.4 Å². The van der Waals surface area contributed by atoms with Crippen molar-refractivity contribution in [1.29, 1.82) is 0 Å². The predicted octanol–water partition coefficient (Wildman–Crippen LogP) is 1.53. The summed E-state index contributed by atoms with van der Waals surface area (Å²) in [6.45, 7) is 0.625. The number of hydrogen-bond donors (Lipinski definition) is 1. The molecule has 0 atom stereocenters. The Morgan fingerprint density at radius 2 is 2.10 bits per heavy atom. The van der Waals surface area contributed by atoms with Crippen LogP contribution in [0.25, 0.3) is 0 Å². The highest BCUT2D eigenvalue weighted by molar-refractivity contribution is 6.06. The molecule has 118 valence electrons. The first-order valence-electron chi connectivity index (χ1n) is 7.32. The van der Waals surface area contributed by atoms with Crippen molar-refractivity contribution in [1.82, 2.24) is 9.91 Å². The van der Waals surface area contributed by atoms with Crippen LogP contribution < -0.4 is 0 Å². The van der Waals surface area contributed by atoms with Crippen LogP contribution in [-0.4, -0.2) is 65.6 Å². The van der Waals surface area contributed by atoms with E-state index in [-0.39, 0.29) is 24.5 Å². The van der Waals surface area contributed by atoms with E-state index in [2.05, 4.69) is 5.10 Å². The molecule has 1 saturated carbocycles. The summed E-state index contributed by atoms with van der Waals surface area (Å²) >= 11 is 0. The summed E-state index contributed by atoms with van der Waals surface area (Å²) in [5.74, 6) is -0.0780. The molecule has 0 aromatic heterocycles. The maximum absolute atomic E-state index is 12.1. The molecule has 1 heterocycles. The maximum Gasteiger partial charge on any atom is 0.407 e. The first-order valence-corrected chi connectivity index (χ1v) is 7.32. The van der Waals surface area contributed by atoms with Crippen molar-refractivity contribution >= 4 is 17.7 Å². The lowest BCUT2D eigenvalue weighted by Crippen LogP contribution is -2.45. The van der Waals surface area contributed by atoms with E-state index in [1.807, 2.05) is 0 Å². The van der Waals surface area contributed by atoms with Crippen LogP contribution in [0.4, 0.5) is 4.79 Å². The molecule has 0 radical (unpaired) electrons. The number of hydrazone groups is 1. The van der Waals surface area contributed by atoms with E-state index in [0.717, 1.165) is 30.6 Å². The molecule has 21 heavy (non-hydrogen) atoms. The maximum atomic E-state index is 12.1. The second kappa shape index (κ2) is 6.43. The zero-order chi connectivity index (χ0) is 15.5. The number of nitrogens with zero attached hydrogens (tertiary/aromatic N) is 3. The van der Waals surface area contributed by atoms with E-state index in [1.54, 1.807) is 7.11 Å². The molecule has 0 bridgehead atoms. The number of carbonyl (C=O) groups is 2. The Hall–Kier alpha value is -1.63. The van der Waals surface area contributed by atoms with Crippen LogP contribution >= 0.6 is 0 Å². The van der Waals surface area contributed by atoms with Crippen LogP contribution in [0.1, 0.15) is 38.5 Å². The standard InChI is InChI=1S/C14H23N3O4/c1-16(13(19)20)9-11-8-12(18)17(15-11)10-14(21-2)6-4-3-5-7-14/h3-10H2,1-2H3,(H,19,20). The van der Waals surface area contributed by atoms with Gasteiger partial charge in [0.15, 0.2) is 0 Å². The third-order valence-electron chi connectivity index (χ3n) is 4.29. The fourth-order valence-electron chi connectivity index (χ4n) is 2.98. The molecule has 0 unspecified atom stereocenters. The first-order chi connectivity index (χ1) is 9.96. The van der Waals surface area contributed by atoms with Crippen molar-refractivity contribution in [3.63, 3.8) is 0 Å². The Labute approximate surface area is 124 Å². The lowest BCUT2D eigenvalue weighted by Gasteiger charge is -2.37. The minimum Gasteiger partial charge on any atom is -0.465 e. The van der Waals surface area contributed by atoms with Gasteiger partial charge in [-0.3, -0.25) is 4.79 Å². The number of ether oxygens (including phenoxy) is 1. The van der Waals surface area contributed by atoms with Gasteiger partial charge in [-0.15, -0.1) is 0 Å². The van der Waals surface area contributed by atoms with E-state index in [0.29, 0.717) is 12.3 Å². The van der Waals surface area contributed by atoms with Gasteiger partial charge in [0.2, 0.25) is 5.91 Å². The Balaban J connectivity index is 2.00. The molecule has 0 aromatic rings. The second-order valence-electron chi connectivity index (χ2n) is 5.88. The highest BCUT2D eigenvalue weighted by Crippen LogP contribution is 2.32. The van der Waals surface area contributed by atoms with Crippen LogP contribution in [0.15, 0.2) is 5.10 Å². The molecule has 2 rings (SSSR count). The topological polar surface area (TPSA) is 82.4 Å². The Bertz CT molecular complexity index is 444. The van der Waals surface area contributed by atoms with Crippen LogP contribution in [0.5, 0.6) is 0 Å². The number of carbonyl (C=O) groups excluding carboxylic acids is 1. The van der Waals surface area contributed by atoms with E-state index in [1.165, 1.54) is 18.5 Å². The summed E-state index contributed by atoms with van der Waals surface area (Å²) in [5.41, 5.74) is 0.290. The quantitative estimate of drug-likeness (QED) is 0.834. The first kappa shape index (κ1) is 15.8. The van der Waals surface area contributed by atoms with E-state index < -0.39 is 6.09 Å². The van der Waals surface area contributed by atoms with E-state index >= 15 is 0 Å². The average Bonchev–Trinajstić information content (AvgIpc) is 2.79. The number of hydrogen-bond acceptors (Lipinski definition) is 4. The molecule has 7 heteroatoms. The van der Waals surface area contributed by atoms with Gasteiger partial charge in [0.1, 0.15) is 0 Å². The molecule has 0 saturated heterocycles. The largest absolute Gasteiger partial charge is 0.465 e. The molecule has 1 N–H and O–H groups in total. The van der Waals surface area contributed by atoms with Gasteiger partial charge in [0.25, 0.3) is 0 Å². The number of methoxy groups -OCH3 is 1. The van der Waals surface area contributed by atoms with Crippen molar-refractivity contribution in [2.75, 3.05) is 27.2 Å². The van der Waals surface area contributed by atoms with Crippen LogP contribution in [-0.2, 0) is 9.53 Å². The zero-order valence-corrected chi connectivity index (χ0v) is 12.7. The number of amides is 2. The van der Waals surface area contributed by atoms with Crippen LogP contribution in [0.2, 0.25) is 0 Å². The minimum absolute atomic E-state index is 0.0780. The molecule has 0 spiro atoms. The molecule has 2 amide bonds. The summed E-state index contributed by atoms with van der Waals surface area (Å²) < 4.78 is 5.68. The molecule has 1 aliphatic heterocycles. The van der Waals surface area contributed by atoms with E-state index in [4.69, 9.17) is 9.84 Å². The van der Waals surface area contributed by atoms with Crippen LogP contribution in [0.3, 0.4) is 0 Å². The summed E-state index contributed by atoms with van der Waals surface area (Å²) in [6.07, 6.45) is 4.46. The summed E-state index contributed by atoms with van der Waals surface area (Å²) in [7, 11) is 3.16. The minimum atomic E-state index is -1.02. The van der Waals surface area contributed by atoms with Crippen molar-refractivity contribution in [3.8, 4) is 0 Å². The van der Waals surface area contributed by atoms with Gasteiger partial charge >= 0.3 is 6.09 Å². The van der Waals surface area contributed by atoms with Gasteiger partial charge in [-0.2, -0.15) is 5.10 Å². The zero-order valence-electron chi connectivity index (χ0n) is 12.7.